The summed E-state index contributed by atoms with van der Waals surface area (Å²) in [4.78, 5) is 4.97. The molecule has 96 valence electrons. The van der Waals surface area contributed by atoms with E-state index in [-0.39, 0.29) is 0 Å². The van der Waals surface area contributed by atoms with Crippen molar-refractivity contribution < 1.29 is 5.11 Å². The number of pyridine rings is 1. The van der Waals surface area contributed by atoms with Gasteiger partial charge in [0.15, 0.2) is 0 Å². The van der Waals surface area contributed by atoms with E-state index in [1.54, 1.807) is 12.4 Å². The minimum Gasteiger partial charge on any atom is -0.383 e. The summed E-state index contributed by atoms with van der Waals surface area (Å²) in [6.45, 7) is 1.94. The largest absolute Gasteiger partial charge is 0.383 e. The Kier molecular flexibility index (Phi) is 3.27. The van der Waals surface area contributed by atoms with Crippen molar-refractivity contribution in [1.29, 1.82) is 0 Å². The Morgan fingerprint density at radius 1 is 1.26 bits per heavy atom. The highest BCUT2D eigenvalue weighted by molar-refractivity contribution is 7.10. The van der Waals surface area contributed by atoms with Crippen LogP contribution in [0.25, 0.3) is 10.8 Å². The molecule has 3 aromatic rings. The number of aliphatic hydroxyl groups is 1. The molecule has 1 atom stereocenters. The van der Waals surface area contributed by atoms with E-state index in [0.717, 1.165) is 26.8 Å². The molecular formula is C15H12ClNOS. The standard InChI is InChI=1S/C15H12ClNOS/c1-9-8-19-15(13(9)16)14(18)12-7-17-6-10-4-2-3-5-11(10)12/h2-8,14,18H,1H3. The van der Waals surface area contributed by atoms with Crippen LogP contribution in [0.15, 0.2) is 42.0 Å². The highest BCUT2D eigenvalue weighted by Gasteiger charge is 2.19. The van der Waals surface area contributed by atoms with Crippen molar-refractivity contribution in [2.75, 3.05) is 0 Å². The van der Waals surface area contributed by atoms with Gasteiger partial charge in [-0.15, -0.1) is 11.3 Å². The highest BCUT2D eigenvalue weighted by atomic mass is 35.5. The fourth-order valence-corrected chi connectivity index (χ4v) is 3.43. The van der Waals surface area contributed by atoms with Gasteiger partial charge in [-0.2, -0.15) is 0 Å². The van der Waals surface area contributed by atoms with Crippen LogP contribution >= 0.6 is 22.9 Å². The third kappa shape index (κ3) is 2.14. The van der Waals surface area contributed by atoms with Crippen LogP contribution in [-0.4, -0.2) is 10.1 Å². The average Bonchev–Trinajstić information content (AvgIpc) is 2.78. The number of rotatable bonds is 2. The quantitative estimate of drug-likeness (QED) is 0.761. The van der Waals surface area contributed by atoms with Crippen molar-refractivity contribution in [3.63, 3.8) is 0 Å². The van der Waals surface area contributed by atoms with Crippen LogP contribution in [-0.2, 0) is 0 Å². The summed E-state index contributed by atoms with van der Waals surface area (Å²) in [6.07, 6.45) is 2.77. The van der Waals surface area contributed by atoms with Gasteiger partial charge in [-0.05, 0) is 23.3 Å². The average molecular weight is 290 g/mol. The Hall–Kier alpha value is -1.42. The molecule has 0 saturated heterocycles. The van der Waals surface area contributed by atoms with Crippen LogP contribution in [0.4, 0.5) is 0 Å². The fraction of sp³-hybridized carbons (Fsp3) is 0.133. The van der Waals surface area contributed by atoms with Crippen molar-refractivity contribution in [1.82, 2.24) is 4.98 Å². The molecular weight excluding hydrogens is 278 g/mol. The maximum Gasteiger partial charge on any atom is 0.117 e. The first-order valence-electron chi connectivity index (χ1n) is 5.92. The van der Waals surface area contributed by atoms with Crippen molar-refractivity contribution >= 4 is 33.7 Å². The molecule has 3 rings (SSSR count). The van der Waals surface area contributed by atoms with Gasteiger partial charge >= 0.3 is 0 Å². The molecule has 4 heteroatoms. The molecule has 0 saturated carbocycles. The molecule has 0 aliphatic heterocycles. The van der Waals surface area contributed by atoms with Crippen molar-refractivity contribution in [3.05, 3.63) is 63.1 Å². The van der Waals surface area contributed by atoms with Crippen molar-refractivity contribution in [2.24, 2.45) is 0 Å². The molecule has 1 unspecified atom stereocenters. The van der Waals surface area contributed by atoms with Gasteiger partial charge in [0.25, 0.3) is 0 Å². The first-order chi connectivity index (χ1) is 9.18. The number of aryl methyl sites for hydroxylation is 1. The van der Waals surface area contributed by atoms with Gasteiger partial charge in [-0.3, -0.25) is 4.98 Å². The molecule has 19 heavy (non-hydrogen) atoms. The van der Waals surface area contributed by atoms with E-state index < -0.39 is 6.10 Å². The molecule has 0 bridgehead atoms. The van der Waals surface area contributed by atoms with Crippen LogP contribution in [0.1, 0.15) is 22.1 Å². The van der Waals surface area contributed by atoms with Crippen LogP contribution in [0.3, 0.4) is 0 Å². The molecule has 0 aliphatic carbocycles. The van der Waals surface area contributed by atoms with Gasteiger partial charge in [0.05, 0.1) is 9.90 Å². The summed E-state index contributed by atoms with van der Waals surface area (Å²) >= 11 is 7.71. The molecule has 2 aromatic heterocycles. The van der Waals surface area contributed by atoms with Gasteiger partial charge in [-0.25, -0.2) is 0 Å². The van der Waals surface area contributed by atoms with Gasteiger partial charge in [0, 0.05) is 23.3 Å². The van der Waals surface area contributed by atoms with E-state index in [2.05, 4.69) is 4.98 Å². The number of aliphatic hydroxyl groups excluding tert-OH is 1. The fourth-order valence-electron chi connectivity index (χ4n) is 2.13. The lowest BCUT2D eigenvalue weighted by molar-refractivity contribution is 0.225. The highest BCUT2D eigenvalue weighted by Crippen LogP contribution is 2.37. The molecule has 0 spiro atoms. The zero-order chi connectivity index (χ0) is 13.4. The Labute approximate surface area is 120 Å². The number of thiophene rings is 1. The van der Waals surface area contributed by atoms with Crippen LogP contribution in [0.5, 0.6) is 0 Å². The Morgan fingerprint density at radius 2 is 2.05 bits per heavy atom. The number of halogens is 1. The second-order valence-corrected chi connectivity index (χ2v) is 5.74. The van der Waals surface area contributed by atoms with E-state index in [4.69, 9.17) is 11.6 Å². The van der Waals surface area contributed by atoms with Gasteiger partial charge < -0.3 is 5.11 Å². The summed E-state index contributed by atoms with van der Waals surface area (Å²) < 4.78 is 0. The molecule has 0 radical (unpaired) electrons. The minimum absolute atomic E-state index is 0.644. The SMILES string of the molecule is Cc1csc(C(O)c2cncc3ccccc23)c1Cl. The number of benzene rings is 1. The maximum absolute atomic E-state index is 10.6. The van der Waals surface area contributed by atoms with E-state index >= 15 is 0 Å². The first-order valence-corrected chi connectivity index (χ1v) is 7.18. The normalized spacial score (nSPS) is 12.8. The van der Waals surface area contributed by atoms with E-state index in [1.165, 1.54) is 11.3 Å². The number of nitrogens with zero attached hydrogens (tertiary/aromatic N) is 1. The molecule has 2 heterocycles. The second kappa shape index (κ2) is 4.93. The van der Waals surface area contributed by atoms with Gasteiger partial charge in [0.2, 0.25) is 0 Å². The van der Waals surface area contributed by atoms with Crippen molar-refractivity contribution in [2.45, 2.75) is 13.0 Å². The molecule has 2 nitrogen and oxygen atoms in total. The summed E-state index contributed by atoms with van der Waals surface area (Å²) in [6, 6.07) is 7.89. The smallest absolute Gasteiger partial charge is 0.117 e. The predicted molar refractivity (Wildman–Crippen MR) is 79.9 cm³/mol. The van der Waals surface area contributed by atoms with E-state index in [9.17, 15) is 5.11 Å². The zero-order valence-corrected chi connectivity index (χ0v) is 11.9. The lowest BCUT2D eigenvalue weighted by Crippen LogP contribution is -2.00. The van der Waals surface area contributed by atoms with Crippen LogP contribution < -0.4 is 0 Å². The Balaban J connectivity index is 2.17. The third-order valence-corrected chi connectivity index (χ3v) is 4.93. The number of hydrogen-bond donors (Lipinski definition) is 1. The summed E-state index contributed by atoms with van der Waals surface area (Å²) in [7, 11) is 0. The monoisotopic (exact) mass is 289 g/mol. The van der Waals surface area contributed by atoms with Crippen LogP contribution in [0.2, 0.25) is 5.02 Å². The summed E-state index contributed by atoms with van der Waals surface area (Å²) in [5, 5.41) is 15.2. The van der Waals surface area contributed by atoms with E-state index in [1.807, 2.05) is 36.6 Å². The lowest BCUT2D eigenvalue weighted by atomic mass is 10.0. The first kappa shape index (κ1) is 12.6. The number of fused-ring (bicyclic) bond motifs is 1. The molecule has 0 fully saturated rings. The maximum atomic E-state index is 10.6. The number of aromatic nitrogens is 1. The Bertz CT molecular complexity index is 733. The predicted octanol–water partition coefficient (Wildman–Crippen LogP) is 4.34. The summed E-state index contributed by atoms with van der Waals surface area (Å²) in [5.74, 6) is 0. The third-order valence-electron chi connectivity index (χ3n) is 3.17. The molecule has 1 aromatic carbocycles. The minimum atomic E-state index is -0.732. The Morgan fingerprint density at radius 3 is 2.79 bits per heavy atom. The summed E-state index contributed by atoms with van der Waals surface area (Å²) in [5.41, 5.74) is 1.79. The molecule has 0 amide bonds. The van der Waals surface area contributed by atoms with Gasteiger partial charge in [0.1, 0.15) is 6.10 Å². The second-order valence-electron chi connectivity index (χ2n) is 4.45. The van der Waals surface area contributed by atoms with Crippen molar-refractivity contribution in [3.8, 4) is 0 Å². The topological polar surface area (TPSA) is 33.1 Å². The lowest BCUT2D eigenvalue weighted by Gasteiger charge is -2.12. The molecule has 1 N–H and O–H groups in total. The van der Waals surface area contributed by atoms with E-state index in [0.29, 0.717) is 5.02 Å². The zero-order valence-electron chi connectivity index (χ0n) is 10.3. The number of hydrogen-bond acceptors (Lipinski definition) is 3. The van der Waals surface area contributed by atoms with Crippen LogP contribution in [0, 0.1) is 6.92 Å². The molecule has 0 aliphatic rings. The van der Waals surface area contributed by atoms with Gasteiger partial charge in [-0.1, -0.05) is 35.9 Å².